The van der Waals surface area contributed by atoms with Gasteiger partial charge in [0.25, 0.3) is 0 Å². The molecule has 0 aliphatic rings. The number of amides is 2. The minimum Gasteiger partial charge on any atom is -0.336 e. The van der Waals surface area contributed by atoms with Crippen LogP contribution >= 0.6 is 0 Å². The van der Waals surface area contributed by atoms with Crippen molar-refractivity contribution in [2.75, 3.05) is 25.0 Å². The zero-order valence-corrected chi connectivity index (χ0v) is 15.4. The number of nitrogens with zero attached hydrogens (tertiary/aromatic N) is 2. The Kier molecular flexibility index (Phi) is 7.66. The van der Waals surface area contributed by atoms with E-state index in [2.05, 4.69) is 47.6 Å². The highest BCUT2D eigenvalue weighted by molar-refractivity contribution is 5.90. The Morgan fingerprint density at radius 1 is 1.08 bits per heavy atom. The Hall–Kier alpha value is -2.84. The Morgan fingerprint density at radius 2 is 1.73 bits per heavy atom. The van der Waals surface area contributed by atoms with E-state index in [4.69, 9.17) is 5.26 Å². The SMILES string of the molecule is CCN(CC)C(CNC(=O)Nc1ccccc1C#N)Cc1ccccc1. The molecule has 1 unspecified atom stereocenters. The van der Waals surface area contributed by atoms with Gasteiger partial charge in [0.2, 0.25) is 0 Å². The van der Waals surface area contributed by atoms with E-state index in [1.165, 1.54) is 5.56 Å². The fourth-order valence-electron chi connectivity index (χ4n) is 3.02. The second-order valence-corrected chi connectivity index (χ2v) is 6.06. The van der Waals surface area contributed by atoms with E-state index in [9.17, 15) is 4.79 Å². The zero-order valence-electron chi connectivity index (χ0n) is 15.4. The van der Waals surface area contributed by atoms with Gasteiger partial charge < -0.3 is 10.6 Å². The predicted molar refractivity (Wildman–Crippen MR) is 105 cm³/mol. The first-order valence-corrected chi connectivity index (χ1v) is 8.99. The number of urea groups is 1. The number of carbonyl (C=O) groups excluding carboxylic acids is 1. The Balaban J connectivity index is 1.99. The lowest BCUT2D eigenvalue weighted by Gasteiger charge is -2.30. The fraction of sp³-hybridized carbons (Fsp3) is 0.333. The second kappa shape index (κ2) is 10.2. The number of nitriles is 1. The number of benzene rings is 2. The van der Waals surface area contributed by atoms with Gasteiger partial charge in [-0.15, -0.1) is 0 Å². The van der Waals surface area contributed by atoms with Crippen LogP contribution in [-0.4, -0.2) is 36.6 Å². The van der Waals surface area contributed by atoms with Crippen LogP contribution in [0.3, 0.4) is 0 Å². The summed E-state index contributed by atoms with van der Waals surface area (Å²) in [5, 5.41) is 14.8. The van der Waals surface area contributed by atoms with Crippen LogP contribution in [0.1, 0.15) is 25.0 Å². The monoisotopic (exact) mass is 350 g/mol. The minimum atomic E-state index is -0.294. The molecule has 1 atom stereocenters. The highest BCUT2D eigenvalue weighted by Gasteiger charge is 2.17. The molecule has 0 heterocycles. The van der Waals surface area contributed by atoms with Crippen molar-refractivity contribution in [3.05, 3.63) is 65.7 Å². The van der Waals surface area contributed by atoms with Gasteiger partial charge in [-0.1, -0.05) is 56.3 Å². The van der Waals surface area contributed by atoms with Crippen LogP contribution in [0.25, 0.3) is 0 Å². The van der Waals surface area contributed by atoms with E-state index >= 15 is 0 Å². The summed E-state index contributed by atoms with van der Waals surface area (Å²) in [7, 11) is 0. The highest BCUT2D eigenvalue weighted by atomic mass is 16.2. The molecule has 0 aromatic heterocycles. The van der Waals surface area contributed by atoms with Gasteiger partial charge in [-0.2, -0.15) is 5.26 Å². The van der Waals surface area contributed by atoms with Gasteiger partial charge in [0, 0.05) is 12.6 Å². The zero-order chi connectivity index (χ0) is 18.8. The molecule has 2 aromatic carbocycles. The molecule has 0 aliphatic carbocycles. The minimum absolute atomic E-state index is 0.212. The van der Waals surface area contributed by atoms with Gasteiger partial charge in [-0.25, -0.2) is 4.79 Å². The molecule has 0 aliphatic heterocycles. The van der Waals surface area contributed by atoms with Gasteiger partial charge in [-0.3, -0.25) is 4.90 Å². The third kappa shape index (κ3) is 5.61. The maximum absolute atomic E-state index is 12.3. The van der Waals surface area contributed by atoms with E-state index in [1.807, 2.05) is 18.2 Å². The summed E-state index contributed by atoms with van der Waals surface area (Å²) in [4.78, 5) is 14.6. The average Bonchev–Trinajstić information content (AvgIpc) is 2.68. The van der Waals surface area contributed by atoms with Crippen LogP contribution < -0.4 is 10.6 Å². The lowest BCUT2D eigenvalue weighted by Crippen LogP contribution is -2.46. The number of hydrogen-bond donors (Lipinski definition) is 2. The van der Waals surface area contributed by atoms with Crippen LogP contribution in [0.2, 0.25) is 0 Å². The number of hydrogen-bond acceptors (Lipinski definition) is 3. The molecular weight excluding hydrogens is 324 g/mol. The Bertz CT molecular complexity index is 735. The summed E-state index contributed by atoms with van der Waals surface area (Å²) in [5.41, 5.74) is 2.23. The Morgan fingerprint density at radius 3 is 2.38 bits per heavy atom. The number of anilines is 1. The normalized spacial score (nSPS) is 11.6. The lowest BCUT2D eigenvalue weighted by atomic mass is 10.0. The van der Waals surface area contributed by atoms with Crippen molar-refractivity contribution in [3.63, 3.8) is 0 Å². The van der Waals surface area contributed by atoms with E-state index in [1.54, 1.807) is 24.3 Å². The summed E-state index contributed by atoms with van der Waals surface area (Å²) >= 11 is 0. The smallest absolute Gasteiger partial charge is 0.319 e. The van der Waals surface area contributed by atoms with Gasteiger partial charge in [0.05, 0.1) is 11.3 Å². The van der Waals surface area contributed by atoms with Crippen molar-refractivity contribution in [1.29, 1.82) is 5.26 Å². The number of rotatable bonds is 8. The first-order valence-electron chi connectivity index (χ1n) is 8.99. The molecule has 0 saturated heterocycles. The summed E-state index contributed by atoms with van der Waals surface area (Å²) < 4.78 is 0. The third-order valence-corrected chi connectivity index (χ3v) is 4.44. The maximum atomic E-state index is 12.3. The summed E-state index contributed by atoms with van der Waals surface area (Å²) in [6.07, 6.45) is 0.873. The van der Waals surface area contributed by atoms with Crippen LogP contribution in [0.5, 0.6) is 0 Å². The number of likely N-dealkylation sites (N-methyl/N-ethyl adjacent to an activating group) is 1. The third-order valence-electron chi connectivity index (χ3n) is 4.44. The van der Waals surface area contributed by atoms with Crippen molar-refractivity contribution in [3.8, 4) is 6.07 Å². The van der Waals surface area contributed by atoms with E-state index in [0.29, 0.717) is 17.8 Å². The number of carbonyl (C=O) groups is 1. The number of nitrogens with one attached hydrogen (secondary N) is 2. The van der Waals surface area contributed by atoms with Crippen LogP contribution in [0.15, 0.2) is 54.6 Å². The van der Waals surface area contributed by atoms with Gasteiger partial charge >= 0.3 is 6.03 Å². The molecule has 5 heteroatoms. The standard InChI is InChI=1S/C21H26N4O/c1-3-25(4-2)19(14-17-10-6-5-7-11-17)16-23-21(26)24-20-13-9-8-12-18(20)15-22/h5-13,19H,3-4,14,16H2,1-2H3,(H2,23,24,26). The molecule has 0 saturated carbocycles. The van der Waals surface area contributed by atoms with E-state index in [0.717, 1.165) is 19.5 Å². The van der Waals surface area contributed by atoms with Gasteiger partial charge in [0.15, 0.2) is 0 Å². The molecule has 0 spiro atoms. The van der Waals surface area contributed by atoms with E-state index < -0.39 is 0 Å². The quantitative estimate of drug-likeness (QED) is 0.764. The summed E-state index contributed by atoms with van der Waals surface area (Å²) in [5.74, 6) is 0. The molecule has 5 nitrogen and oxygen atoms in total. The van der Waals surface area contributed by atoms with Crippen molar-refractivity contribution >= 4 is 11.7 Å². The average molecular weight is 350 g/mol. The van der Waals surface area contributed by atoms with Crippen molar-refractivity contribution in [2.45, 2.75) is 26.3 Å². The van der Waals surface area contributed by atoms with Crippen molar-refractivity contribution in [1.82, 2.24) is 10.2 Å². The molecule has 0 fully saturated rings. The molecule has 2 aromatic rings. The van der Waals surface area contributed by atoms with Gasteiger partial charge in [0.1, 0.15) is 6.07 Å². The largest absolute Gasteiger partial charge is 0.336 e. The highest BCUT2D eigenvalue weighted by Crippen LogP contribution is 2.13. The van der Waals surface area contributed by atoms with E-state index in [-0.39, 0.29) is 12.1 Å². The molecule has 0 bridgehead atoms. The summed E-state index contributed by atoms with van der Waals surface area (Å²) in [6.45, 7) is 6.65. The molecule has 2 N–H and O–H groups in total. The predicted octanol–water partition coefficient (Wildman–Crippen LogP) is 3.63. The van der Waals surface area contributed by atoms with Crippen LogP contribution in [-0.2, 0) is 6.42 Å². The topological polar surface area (TPSA) is 68.2 Å². The van der Waals surface area contributed by atoms with Crippen molar-refractivity contribution < 1.29 is 4.79 Å². The first-order chi connectivity index (χ1) is 12.7. The van der Waals surface area contributed by atoms with Crippen LogP contribution in [0, 0.1) is 11.3 Å². The molecule has 2 rings (SSSR count). The molecule has 2 amide bonds. The van der Waals surface area contributed by atoms with Crippen molar-refractivity contribution in [2.24, 2.45) is 0 Å². The molecule has 26 heavy (non-hydrogen) atoms. The molecule has 0 radical (unpaired) electrons. The van der Waals surface area contributed by atoms with Crippen LogP contribution in [0.4, 0.5) is 10.5 Å². The summed E-state index contributed by atoms with van der Waals surface area (Å²) in [6, 6.07) is 19.3. The number of para-hydroxylation sites is 1. The first kappa shape index (κ1) is 19.5. The fourth-order valence-corrected chi connectivity index (χ4v) is 3.02. The molecular formula is C21H26N4O. The Labute approximate surface area is 155 Å². The lowest BCUT2D eigenvalue weighted by molar-refractivity contribution is 0.207. The second-order valence-electron chi connectivity index (χ2n) is 6.06. The van der Waals surface area contributed by atoms with Gasteiger partial charge in [-0.05, 0) is 37.2 Å². The molecule has 136 valence electrons. The maximum Gasteiger partial charge on any atom is 0.319 e.